The van der Waals surface area contributed by atoms with Crippen LogP contribution in [-0.4, -0.2) is 53.8 Å². The van der Waals surface area contributed by atoms with Crippen molar-refractivity contribution in [2.75, 3.05) is 13.6 Å². The highest BCUT2D eigenvalue weighted by Gasteiger charge is 2.55. The molecule has 0 aromatic rings. The van der Waals surface area contributed by atoms with E-state index in [-0.39, 0.29) is 6.54 Å². The molecule has 0 aliphatic carbocycles. The fourth-order valence-corrected chi connectivity index (χ4v) is 3.92. The van der Waals surface area contributed by atoms with E-state index in [4.69, 9.17) is 9.11 Å². The Morgan fingerprint density at radius 1 is 1.31 bits per heavy atom. The summed E-state index contributed by atoms with van der Waals surface area (Å²) in [7, 11) is -8.39. The number of quaternary nitrogens is 1. The van der Waals surface area contributed by atoms with Gasteiger partial charge in [-0.25, -0.2) is 4.55 Å². The molecule has 16 heavy (non-hydrogen) atoms. The number of hydrogen-bond acceptors (Lipinski definition) is 5. The number of hydrogen-bond donors (Lipinski definition) is 2. The minimum atomic E-state index is -4.71. The highest BCUT2D eigenvalue weighted by Crippen LogP contribution is 2.30. The molecule has 0 saturated carbocycles. The molecule has 1 aliphatic heterocycles. The van der Waals surface area contributed by atoms with Crippen LogP contribution < -0.4 is 0 Å². The van der Waals surface area contributed by atoms with E-state index in [1.807, 2.05) is 0 Å². The Hall–Kier alpha value is -0.680. The second-order valence-electron chi connectivity index (χ2n) is 3.48. The van der Waals surface area contributed by atoms with Gasteiger partial charge >= 0.3 is 25.9 Å². The molecule has 10 heteroatoms. The van der Waals surface area contributed by atoms with Gasteiger partial charge in [-0.3, -0.25) is 4.55 Å². The summed E-state index contributed by atoms with van der Waals surface area (Å²) in [5.74, 6) is 0. The zero-order valence-electron chi connectivity index (χ0n) is 8.68. The third-order valence-corrected chi connectivity index (χ3v) is 5.10. The van der Waals surface area contributed by atoms with Gasteiger partial charge in [-0.1, -0.05) is 0 Å². The highest BCUT2D eigenvalue weighted by atomic mass is 32.2. The third-order valence-electron chi connectivity index (χ3n) is 2.41. The van der Waals surface area contributed by atoms with E-state index in [2.05, 4.69) is 0 Å². The summed E-state index contributed by atoms with van der Waals surface area (Å²) in [6, 6.07) is 0. The van der Waals surface area contributed by atoms with E-state index in [1.54, 1.807) is 6.92 Å². The van der Waals surface area contributed by atoms with Crippen molar-refractivity contribution in [3.8, 4) is 0 Å². The maximum absolute atomic E-state index is 11.1. The number of nitrogens with zero attached hydrogens (tertiary/aromatic N) is 2. The maximum atomic E-state index is 11.1. The van der Waals surface area contributed by atoms with Crippen molar-refractivity contribution in [2.45, 2.75) is 12.4 Å². The molecule has 8 nitrogen and oxygen atoms in total. The van der Waals surface area contributed by atoms with E-state index in [0.717, 1.165) is 18.1 Å². The van der Waals surface area contributed by atoms with Crippen molar-refractivity contribution in [1.82, 2.24) is 4.90 Å². The van der Waals surface area contributed by atoms with E-state index < -0.39 is 29.8 Å². The fraction of sp³-hybridized carbons (Fsp3) is 0.667. The van der Waals surface area contributed by atoms with Gasteiger partial charge in [-0.15, -0.1) is 12.3 Å². The smallest absolute Gasteiger partial charge is 0.308 e. The largest absolute Gasteiger partial charge is 0.439 e. The summed E-state index contributed by atoms with van der Waals surface area (Å²) >= 11 is 0. The lowest BCUT2D eigenvalue weighted by molar-refractivity contribution is -0.750. The van der Waals surface area contributed by atoms with Crippen LogP contribution >= 0.6 is 0 Å². The Morgan fingerprint density at radius 3 is 2.12 bits per heavy atom. The molecule has 0 fully saturated rings. The first kappa shape index (κ1) is 13.4. The molecule has 1 rings (SSSR count). The van der Waals surface area contributed by atoms with Crippen LogP contribution in [0.1, 0.15) is 6.92 Å². The van der Waals surface area contributed by atoms with Gasteiger partial charge in [0.25, 0.3) is 0 Å². The van der Waals surface area contributed by atoms with E-state index in [9.17, 15) is 16.8 Å². The summed E-state index contributed by atoms with van der Waals surface area (Å²) in [4.78, 5) is 1.10. The molecule has 0 spiro atoms. The Labute approximate surface area is 94.0 Å². The lowest BCUT2D eigenvalue weighted by Gasteiger charge is -2.30. The topological polar surface area (TPSA) is 112 Å². The second-order valence-corrected chi connectivity index (χ2v) is 6.61. The normalized spacial score (nSPS) is 31.0. The average Bonchev–Trinajstić information content (AvgIpc) is 2.41. The van der Waals surface area contributed by atoms with Crippen LogP contribution in [-0.2, 0) is 20.4 Å². The predicted molar refractivity (Wildman–Crippen MR) is 54.6 cm³/mol. The Bertz CT molecular complexity index is 509. The van der Waals surface area contributed by atoms with E-state index >= 15 is 0 Å². The number of rotatable bonds is 3. The van der Waals surface area contributed by atoms with Gasteiger partial charge in [0, 0.05) is 6.54 Å². The third kappa shape index (κ3) is 1.94. The zero-order valence-corrected chi connectivity index (χ0v) is 10.3. The highest BCUT2D eigenvalue weighted by molar-refractivity contribution is 7.87. The van der Waals surface area contributed by atoms with Gasteiger partial charge in [-0.05, 0) is 6.92 Å². The SMILES string of the molecule is CCN1C=C[N+](C)(S(=O)(=O)O)C1S(=O)(=O)O. The molecule has 0 bridgehead atoms. The summed E-state index contributed by atoms with van der Waals surface area (Å²) < 4.78 is 61.3. The first-order valence-corrected chi connectivity index (χ1v) is 7.19. The molecule has 0 aromatic heterocycles. The van der Waals surface area contributed by atoms with E-state index in [1.165, 1.54) is 6.20 Å². The van der Waals surface area contributed by atoms with Gasteiger partial charge in [0.15, 0.2) is 0 Å². The van der Waals surface area contributed by atoms with Crippen LogP contribution in [0.5, 0.6) is 0 Å². The molecule has 2 atom stereocenters. The minimum absolute atomic E-state index is 0.171. The standard InChI is InChI=1S/C6H12N2O6S2/c1-3-7-4-5-8(2,16(12,13)14)6(7)15(9,10)11/h4-6H,3H2,1-2H3,(H-,9,10,11,12,13,14)/p+1. The molecule has 1 aliphatic rings. The molecule has 0 radical (unpaired) electrons. The summed E-state index contributed by atoms with van der Waals surface area (Å²) in [5.41, 5.74) is -1.78. The molecular weight excluding hydrogens is 260 g/mol. The maximum Gasteiger partial charge on any atom is 0.439 e. The monoisotopic (exact) mass is 273 g/mol. The van der Waals surface area contributed by atoms with Crippen molar-refractivity contribution in [3.63, 3.8) is 0 Å². The predicted octanol–water partition coefficient (Wildman–Crippen LogP) is -0.786. The van der Waals surface area contributed by atoms with Crippen molar-refractivity contribution in [3.05, 3.63) is 12.4 Å². The van der Waals surface area contributed by atoms with Gasteiger partial charge in [0.1, 0.15) is 6.20 Å². The Balaban J connectivity index is 3.40. The molecule has 0 aromatic carbocycles. The van der Waals surface area contributed by atoms with E-state index in [0.29, 0.717) is 0 Å². The van der Waals surface area contributed by atoms with Crippen molar-refractivity contribution < 1.29 is 29.8 Å². The second kappa shape index (κ2) is 3.67. The quantitative estimate of drug-likeness (QED) is 0.512. The fourth-order valence-electron chi connectivity index (χ4n) is 1.55. The molecule has 1 heterocycles. The van der Waals surface area contributed by atoms with Crippen molar-refractivity contribution >= 4 is 20.4 Å². The van der Waals surface area contributed by atoms with Crippen LogP contribution in [0.25, 0.3) is 0 Å². The molecular formula is C6H13N2O6S2+. The summed E-state index contributed by atoms with van der Waals surface area (Å²) in [6.45, 7) is 1.76. The molecule has 0 amide bonds. The Morgan fingerprint density at radius 2 is 1.81 bits per heavy atom. The van der Waals surface area contributed by atoms with Crippen molar-refractivity contribution in [1.29, 1.82) is 0 Å². The minimum Gasteiger partial charge on any atom is -0.308 e. The zero-order chi connectivity index (χ0) is 12.8. The average molecular weight is 273 g/mol. The van der Waals surface area contributed by atoms with Crippen LogP contribution in [0, 0.1) is 0 Å². The molecule has 94 valence electrons. The first-order valence-electron chi connectivity index (χ1n) is 4.29. The van der Waals surface area contributed by atoms with Crippen LogP contribution in [0.2, 0.25) is 0 Å². The lowest BCUT2D eigenvalue weighted by Crippen LogP contribution is -2.57. The summed E-state index contributed by atoms with van der Waals surface area (Å²) in [6.07, 6.45) is 2.18. The molecule has 0 saturated heterocycles. The molecule has 2 N–H and O–H groups in total. The molecule has 2 unspecified atom stereocenters. The lowest BCUT2D eigenvalue weighted by atomic mass is 10.6. The van der Waals surface area contributed by atoms with Crippen LogP contribution in [0.4, 0.5) is 0 Å². The van der Waals surface area contributed by atoms with Gasteiger partial charge in [0.2, 0.25) is 0 Å². The van der Waals surface area contributed by atoms with Gasteiger partial charge < -0.3 is 4.90 Å². The first-order chi connectivity index (χ1) is 7.04. The Kier molecular flexibility index (Phi) is 3.07. The van der Waals surface area contributed by atoms with Gasteiger partial charge in [-0.2, -0.15) is 8.42 Å². The summed E-state index contributed by atoms with van der Waals surface area (Å²) in [5, 5.41) is 0. The van der Waals surface area contributed by atoms with Crippen molar-refractivity contribution in [2.24, 2.45) is 0 Å². The van der Waals surface area contributed by atoms with Crippen LogP contribution in [0.3, 0.4) is 0 Å². The van der Waals surface area contributed by atoms with Crippen LogP contribution in [0.15, 0.2) is 12.4 Å². The van der Waals surface area contributed by atoms with Gasteiger partial charge in [0.05, 0.1) is 13.2 Å².